The zero-order valence-corrected chi connectivity index (χ0v) is 16.5. The van der Waals surface area contributed by atoms with Crippen molar-refractivity contribution in [1.29, 1.82) is 0 Å². The maximum absolute atomic E-state index is 13.2. The van der Waals surface area contributed by atoms with Crippen molar-refractivity contribution in [3.8, 4) is 0 Å². The Kier molecular flexibility index (Phi) is 4.56. The number of aromatic amines is 1. The van der Waals surface area contributed by atoms with Crippen molar-refractivity contribution >= 4 is 22.5 Å². The molecule has 1 aromatic heterocycles. The number of nitrogens with zero attached hydrogens (tertiary/aromatic N) is 2. The first-order valence-electron chi connectivity index (χ1n) is 9.90. The largest absolute Gasteiger partial charge is 0.328 e. The molecule has 1 aliphatic carbocycles. The van der Waals surface area contributed by atoms with Crippen molar-refractivity contribution in [3.05, 3.63) is 79.7 Å². The zero-order valence-electron chi connectivity index (χ0n) is 15.8. The maximum Gasteiger partial charge on any atom is 0.328 e. The highest BCUT2D eigenvalue weighted by atomic mass is 35.5. The van der Waals surface area contributed by atoms with E-state index >= 15 is 0 Å². The van der Waals surface area contributed by atoms with Crippen molar-refractivity contribution in [2.45, 2.75) is 18.9 Å². The number of aromatic nitrogens is 2. The minimum Gasteiger partial charge on any atom is -0.307 e. The molecule has 0 amide bonds. The van der Waals surface area contributed by atoms with Crippen LogP contribution in [0.5, 0.6) is 0 Å². The summed E-state index contributed by atoms with van der Waals surface area (Å²) in [7, 11) is 0. The van der Waals surface area contributed by atoms with Gasteiger partial charge in [-0.25, -0.2) is 9.18 Å². The van der Waals surface area contributed by atoms with Gasteiger partial charge in [-0.2, -0.15) is 0 Å². The lowest BCUT2D eigenvalue weighted by atomic mass is 9.64. The highest BCUT2D eigenvalue weighted by molar-refractivity contribution is 6.31. The molecular formula is C22H21ClFN3O2. The van der Waals surface area contributed by atoms with Gasteiger partial charge in [0.2, 0.25) is 0 Å². The van der Waals surface area contributed by atoms with Crippen molar-refractivity contribution in [2.24, 2.45) is 11.8 Å². The summed E-state index contributed by atoms with van der Waals surface area (Å²) in [5, 5.41) is 0.945. The zero-order chi connectivity index (χ0) is 20.1. The van der Waals surface area contributed by atoms with Gasteiger partial charge >= 0.3 is 5.69 Å². The Labute approximate surface area is 171 Å². The van der Waals surface area contributed by atoms with Crippen LogP contribution >= 0.6 is 11.6 Å². The summed E-state index contributed by atoms with van der Waals surface area (Å²) in [6.07, 6.45) is 1.12. The molecule has 0 spiro atoms. The SMILES string of the molecule is O=c1[nH]c2cc(Cl)ccc2c(=O)n1CCN1CC2CC(c3ccc(F)cc3)C2C1. The molecule has 0 radical (unpaired) electrons. The molecule has 5 rings (SSSR count). The molecule has 3 unspecified atom stereocenters. The number of benzene rings is 2. The molecule has 1 saturated heterocycles. The first-order valence-corrected chi connectivity index (χ1v) is 10.3. The van der Waals surface area contributed by atoms with Gasteiger partial charge in [0.05, 0.1) is 10.9 Å². The summed E-state index contributed by atoms with van der Waals surface area (Å²) < 4.78 is 14.4. The number of H-pyrrole nitrogens is 1. The molecule has 7 heteroatoms. The number of hydrogen-bond donors (Lipinski definition) is 1. The molecule has 2 heterocycles. The maximum atomic E-state index is 13.2. The second kappa shape index (κ2) is 7.11. The van der Waals surface area contributed by atoms with Crippen molar-refractivity contribution < 1.29 is 4.39 Å². The monoisotopic (exact) mass is 413 g/mol. The first kappa shape index (κ1) is 18.6. The summed E-state index contributed by atoms with van der Waals surface area (Å²) in [5.74, 6) is 1.47. The molecule has 150 valence electrons. The second-order valence-corrected chi connectivity index (χ2v) is 8.59. The predicted octanol–water partition coefficient (Wildman–Crippen LogP) is 3.22. The van der Waals surface area contributed by atoms with Crippen LogP contribution in [0.2, 0.25) is 5.02 Å². The Hall–Kier alpha value is -2.44. The normalized spacial score (nSPS) is 23.9. The van der Waals surface area contributed by atoms with E-state index in [1.165, 1.54) is 22.3 Å². The van der Waals surface area contributed by atoms with Gasteiger partial charge in [0.1, 0.15) is 5.82 Å². The third-order valence-corrected chi connectivity index (χ3v) is 6.76. The van der Waals surface area contributed by atoms with Crippen molar-refractivity contribution in [3.63, 3.8) is 0 Å². The number of rotatable bonds is 4. The van der Waals surface area contributed by atoms with Crippen LogP contribution in [-0.2, 0) is 6.54 Å². The fraction of sp³-hybridized carbons (Fsp3) is 0.364. The molecule has 2 fully saturated rings. The summed E-state index contributed by atoms with van der Waals surface area (Å²) in [6, 6.07) is 11.7. The van der Waals surface area contributed by atoms with E-state index < -0.39 is 5.69 Å². The van der Waals surface area contributed by atoms with E-state index in [0.29, 0.717) is 46.8 Å². The van der Waals surface area contributed by atoms with Crippen molar-refractivity contribution in [1.82, 2.24) is 14.5 Å². The minimum atomic E-state index is -0.406. The summed E-state index contributed by atoms with van der Waals surface area (Å²) in [4.78, 5) is 30.2. The molecule has 1 aliphatic heterocycles. The molecule has 3 aromatic rings. The van der Waals surface area contributed by atoms with Gasteiger partial charge in [-0.3, -0.25) is 9.36 Å². The summed E-state index contributed by atoms with van der Waals surface area (Å²) in [6.45, 7) is 2.94. The lowest BCUT2D eigenvalue weighted by Gasteiger charge is -2.40. The average molecular weight is 414 g/mol. The van der Waals surface area contributed by atoms with E-state index in [2.05, 4.69) is 9.88 Å². The quantitative estimate of drug-likeness (QED) is 0.714. The van der Waals surface area contributed by atoms with E-state index in [1.54, 1.807) is 18.2 Å². The fourth-order valence-electron chi connectivity index (χ4n) is 4.95. The Morgan fingerprint density at radius 1 is 1.07 bits per heavy atom. The third kappa shape index (κ3) is 3.30. The third-order valence-electron chi connectivity index (χ3n) is 6.52. The lowest BCUT2D eigenvalue weighted by molar-refractivity contribution is 0.191. The van der Waals surface area contributed by atoms with Crippen LogP contribution in [0.4, 0.5) is 4.39 Å². The first-order chi connectivity index (χ1) is 14.0. The van der Waals surface area contributed by atoms with Crippen LogP contribution in [0.3, 0.4) is 0 Å². The Morgan fingerprint density at radius 3 is 2.66 bits per heavy atom. The minimum absolute atomic E-state index is 0.203. The summed E-state index contributed by atoms with van der Waals surface area (Å²) in [5.41, 5.74) is 0.975. The van der Waals surface area contributed by atoms with Gasteiger partial charge in [0.15, 0.2) is 0 Å². The van der Waals surface area contributed by atoms with E-state index in [4.69, 9.17) is 11.6 Å². The summed E-state index contributed by atoms with van der Waals surface area (Å²) >= 11 is 5.95. The van der Waals surface area contributed by atoms with Crippen LogP contribution in [0.15, 0.2) is 52.1 Å². The van der Waals surface area contributed by atoms with Gasteiger partial charge in [-0.05, 0) is 60.1 Å². The molecule has 0 bridgehead atoms. The molecule has 3 atom stereocenters. The van der Waals surface area contributed by atoms with Crippen LogP contribution in [0.1, 0.15) is 17.9 Å². The standard InChI is InChI=1S/C22H21ClFN3O2/c23-15-3-6-17-20(10-15)25-22(29)27(21(17)28)8-7-26-11-14-9-18(19(14)12-26)13-1-4-16(24)5-2-13/h1-6,10,14,18-19H,7-9,11-12H2,(H,25,29). The molecular weight excluding hydrogens is 393 g/mol. The number of fused-ring (bicyclic) bond motifs is 2. The smallest absolute Gasteiger partial charge is 0.307 e. The van der Waals surface area contributed by atoms with E-state index in [9.17, 15) is 14.0 Å². The number of likely N-dealkylation sites (tertiary alicyclic amines) is 1. The van der Waals surface area contributed by atoms with Gasteiger partial charge in [0.25, 0.3) is 5.56 Å². The Morgan fingerprint density at radius 2 is 1.86 bits per heavy atom. The number of nitrogens with one attached hydrogen (secondary N) is 1. The van der Waals surface area contributed by atoms with E-state index in [0.717, 1.165) is 19.5 Å². The highest BCUT2D eigenvalue weighted by Crippen LogP contribution is 2.51. The van der Waals surface area contributed by atoms with Crippen molar-refractivity contribution in [2.75, 3.05) is 19.6 Å². The fourth-order valence-corrected chi connectivity index (χ4v) is 5.12. The molecule has 2 aromatic carbocycles. The van der Waals surface area contributed by atoms with Crippen LogP contribution < -0.4 is 11.2 Å². The topological polar surface area (TPSA) is 58.1 Å². The van der Waals surface area contributed by atoms with Gasteiger partial charge in [-0.15, -0.1) is 0 Å². The molecule has 2 aliphatic rings. The molecule has 29 heavy (non-hydrogen) atoms. The highest BCUT2D eigenvalue weighted by Gasteiger charge is 2.47. The number of halogens is 2. The van der Waals surface area contributed by atoms with E-state index in [-0.39, 0.29) is 11.4 Å². The second-order valence-electron chi connectivity index (χ2n) is 8.15. The molecule has 1 saturated carbocycles. The Bertz CT molecular complexity index is 1190. The van der Waals surface area contributed by atoms with Gasteiger partial charge in [0, 0.05) is 31.2 Å². The van der Waals surface area contributed by atoms with E-state index in [1.807, 2.05) is 12.1 Å². The van der Waals surface area contributed by atoms with Crippen LogP contribution in [-0.4, -0.2) is 34.1 Å². The lowest BCUT2D eigenvalue weighted by Crippen LogP contribution is -2.38. The molecule has 1 N–H and O–H groups in total. The van der Waals surface area contributed by atoms with Gasteiger partial charge in [-0.1, -0.05) is 23.7 Å². The van der Waals surface area contributed by atoms with Gasteiger partial charge < -0.3 is 9.88 Å². The number of hydrogen-bond acceptors (Lipinski definition) is 3. The Balaban J connectivity index is 1.28. The molecule has 5 nitrogen and oxygen atoms in total. The predicted molar refractivity (Wildman–Crippen MR) is 111 cm³/mol. The van der Waals surface area contributed by atoms with Crippen LogP contribution in [0, 0.1) is 17.7 Å². The average Bonchev–Trinajstić information content (AvgIpc) is 2.99. The van der Waals surface area contributed by atoms with Crippen LogP contribution in [0.25, 0.3) is 10.9 Å².